The minimum absolute atomic E-state index is 0.0875. The summed E-state index contributed by atoms with van der Waals surface area (Å²) in [5.41, 5.74) is 5.06. The largest absolute Gasteiger partial charge is 0.492 e. The number of piperazine rings is 1. The van der Waals surface area contributed by atoms with E-state index in [1.54, 1.807) is 11.8 Å². The van der Waals surface area contributed by atoms with Crippen LogP contribution in [-0.4, -0.2) is 136 Å². The third kappa shape index (κ3) is 12.3. The topological polar surface area (TPSA) is 159 Å². The number of likely N-dealkylation sites (N-methyl/N-ethyl adjacent to an activating group) is 1. The third-order valence-electron chi connectivity index (χ3n) is 11.9. The van der Waals surface area contributed by atoms with E-state index in [9.17, 15) is 18.5 Å². The van der Waals surface area contributed by atoms with E-state index in [1.807, 2.05) is 68.7 Å². The molecule has 0 radical (unpaired) electrons. The van der Waals surface area contributed by atoms with Gasteiger partial charge in [-0.3, -0.25) is 24.6 Å². The molecule has 0 saturated carbocycles. The molecular weight excluding hydrogens is 875 g/mol. The number of nitro groups is 1. The van der Waals surface area contributed by atoms with Crippen molar-refractivity contribution >= 4 is 55.6 Å². The van der Waals surface area contributed by atoms with Crippen LogP contribution < -0.4 is 19.7 Å². The second-order valence-corrected chi connectivity index (χ2v) is 19.5. The van der Waals surface area contributed by atoms with Crippen LogP contribution in [0.15, 0.2) is 131 Å². The highest BCUT2D eigenvalue weighted by atomic mass is 32.2. The zero-order valence-corrected chi connectivity index (χ0v) is 39.1. The predicted molar refractivity (Wildman–Crippen MR) is 263 cm³/mol. The molecule has 0 spiro atoms. The lowest BCUT2D eigenvalue weighted by molar-refractivity contribution is -0.384. The number of benzene rings is 5. The van der Waals surface area contributed by atoms with Gasteiger partial charge in [-0.15, -0.1) is 11.8 Å². The molecule has 2 fully saturated rings. The average Bonchev–Trinajstić information content (AvgIpc) is 3.33. The normalized spacial score (nSPS) is 15.5. The Labute approximate surface area is 391 Å². The van der Waals surface area contributed by atoms with Gasteiger partial charge in [0.1, 0.15) is 24.4 Å². The van der Waals surface area contributed by atoms with Gasteiger partial charge in [-0.05, 0) is 91.8 Å². The Hall–Kier alpha value is -5.82. The molecule has 1 aromatic heterocycles. The number of sulfonamides is 1. The van der Waals surface area contributed by atoms with E-state index in [1.165, 1.54) is 35.2 Å². The lowest BCUT2D eigenvalue weighted by atomic mass is 9.98. The van der Waals surface area contributed by atoms with Crippen molar-refractivity contribution in [3.63, 3.8) is 0 Å². The number of morpholine rings is 1. The third-order valence-corrected chi connectivity index (χ3v) is 14.4. The van der Waals surface area contributed by atoms with Gasteiger partial charge in [0.15, 0.2) is 5.82 Å². The Morgan fingerprint density at radius 2 is 1.62 bits per heavy atom. The molecule has 1 atom stereocenters. The molecular formula is C49H57N9O6S2. The SMILES string of the molecule is CN(C)CCOc1ccc(-c2ccccc2)c(CN2CCN(c3ccc4c(NS(=O)(=O)c5ccc(NC(CCN6CCOCC6)CSc6ccccc6)c([N+](=O)[O-])c5)ncnc4c3)CC2)c1. The van der Waals surface area contributed by atoms with Gasteiger partial charge in [-0.2, -0.15) is 0 Å². The number of hydrogen-bond acceptors (Lipinski definition) is 14. The minimum atomic E-state index is -4.29. The van der Waals surface area contributed by atoms with Crippen molar-refractivity contribution in [1.29, 1.82) is 0 Å². The van der Waals surface area contributed by atoms with Crippen molar-refractivity contribution in [3.8, 4) is 16.9 Å². The summed E-state index contributed by atoms with van der Waals surface area (Å²) in [5.74, 6) is 1.61. The molecule has 0 aliphatic carbocycles. The van der Waals surface area contributed by atoms with Gasteiger partial charge in [-0.1, -0.05) is 54.6 Å². The summed E-state index contributed by atoms with van der Waals surface area (Å²) in [5, 5.41) is 16.4. The minimum Gasteiger partial charge on any atom is -0.492 e. The number of nitrogens with zero attached hydrogens (tertiary/aromatic N) is 7. The number of rotatable bonds is 20. The second-order valence-electron chi connectivity index (χ2n) is 16.8. The highest BCUT2D eigenvalue weighted by molar-refractivity contribution is 7.99. The number of hydrogen-bond donors (Lipinski definition) is 2. The summed E-state index contributed by atoms with van der Waals surface area (Å²) in [6, 6.07) is 36.4. The van der Waals surface area contributed by atoms with E-state index >= 15 is 0 Å². The van der Waals surface area contributed by atoms with Gasteiger partial charge in [0.25, 0.3) is 15.7 Å². The lowest BCUT2D eigenvalue weighted by Crippen LogP contribution is -2.46. The molecule has 66 heavy (non-hydrogen) atoms. The van der Waals surface area contributed by atoms with E-state index < -0.39 is 14.9 Å². The molecule has 17 heteroatoms. The summed E-state index contributed by atoms with van der Waals surface area (Å²) in [4.78, 5) is 30.8. The van der Waals surface area contributed by atoms with Crippen LogP contribution in [0, 0.1) is 10.1 Å². The van der Waals surface area contributed by atoms with Gasteiger partial charge in [0.05, 0.1) is 28.5 Å². The first-order chi connectivity index (χ1) is 32.1. The Morgan fingerprint density at radius 1 is 0.864 bits per heavy atom. The maximum absolute atomic E-state index is 13.9. The molecule has 3 heterocycles. The first-order valence-electron chi connectivity index (χ1n) is 22.3. The Kier molecular flexibility index (Phi) is 15.6. The van der Waals surface area contributed by atoms with Crippen molar-refractivity contribution in [2.45, 2.75) is 28.8 Å². The van der Waals surface area contributed by atoms with Crippen LogP contribution in [0.4, 0.5) is 22.9 Å². The average molecular weight is 932 g/mol. The van der Waals surface area contributed by atoms with Crippen LogP contribution in [0.5, 0.6) is 5.75 Å². The number of thioether (sulfide) groups is 1. The first-order valence-corrected chi connectivity index (χ1v) is 24.8. The van der Waals surface area contributed by atoms with E-state index in [0.717, 1.165) is 87.7 Å². The summed E-state index contributed by atoms with van der Waals surface area (Å²) in [7, 11) is -0.218. The summed E-state index contributed by atoms with van der Waals surface area (Å²) < 4.78 is 42.0. The van der Waals surface area contributed by atoms with E-state index in [-0.39, 0.29) is 28.1 Å². The van der Waals surface area contributed by atoms with Crippen LogP contribution in [0.25, 0.3) is 22.0 Å². The van der Waals surface area contributed by atoms with E-state index in [2.05, 4.69) is 82.1 Å². The van der Waals surface area contributed by atoms with Crippen molar-refractivity contribution in [1.82, 2.24) is 24.7 Å². The maximum atomic E-state index is 13.9. The monoisotopic (exact) mass is 931 g/mol. The zero-order valence-electron chi connectivity index (χ0n) is 37.4. The first kappa shape index (κ1) is 46.7. The van der Waals surface area contributed by atoms with Gasteiger partial charge in [0.2, 0.25) is 0 Å². The standard InChI is InChI=1S/C49H57N9O6S2/c1-54(2)25-30-64-41-14-17-44(37-9-5-3-6-10-37)38(31-41)34-56-21-23-57(24-22-56)40-13-16-45-47(32-40)50-36-51-49(45)53-66(61,62)43-15-18-46(48(33-43)58(59)60)52-39(19-20-55-26-28-63-29-27-55)35-65-42-11-7-4-8-12-42/h3-18,31-33,36,39,52H,19-30,34-35H2,1-2H3,(H,50,51,53). The van der Waals surface area contributed by atoms with Crippen molar-refractivity contribution < 1.29 is 22.8 Å². The molecule has 1 unspecified atom stereocenters. The maximum Gasteiger partial charge on any atom is 0.293 e. The second kappa shape index (κ2) is 22.1. The fraction of sp³-hybridized carbons (Fsp3) is 0.347. The Bertz CT molecular complexity index is 2670. The number of fused-ring (bicyclic) bond motifs is 1. The van der Waals surface area contributed by atoms with Crippen LogP contribution in [0.3, 0.4) is 0 Å². The number of ether oxygens (including phenoxy) is 2. The molecule has 2 saturated heterocycles. The quantitative estimate of drug-likeness (QED) is 0.0439. The molecule has 2 aliphatic heterocycles. The fourth-order valence-electron chi connectivity index (χ4n) is 8.20. The van der Waals surface area contributed by atoms with Gasteiger partial charge in [0, 0.05) is 92.7 Å². The molecule has 5 aromatic carbocycles. The van der Waals surface area contributed by atoms with Crippen molar-refractivity contribution in [2.75, 3.05) is 107 Å². The summed E-state index contributed by atoms with van der Waals surface area (Å²) in [6.45, 7) is 9.32. The molecule has 0 bridgehead atoms. The number of aromatic nitrogens is 2. The number of anilines is 3. The molecule has 6 aromatic rings. The lowest BCUT2D eigenvalue weighted by Gasteiger charge is -2.36. The van der Waals surface area contributed by atoms with E-state index in [0.29, 0.717) is 36.5 Å². The Balaban J connectivity index is 0.931. The van der Waals surface area contributed by atoms with Gasteiger partial charge < -0.3 is 24.6 Å². The fourth-order valence-corrected chi connectivity index (χ4v) is 10.2. The molecule has 346 valence electrons. The van der Waals surface area contributed by atoms with Crippen LogP contribution in [0.2, 0.25) is 0 Å². The molecule has 0 amide bonds. The highest BCUT2D eigenvalue weighted by Gasteiger charge is 2.26. The van der Waals surface area contributed by atoms with E-state index in [4.69, 9.17) is 9.47 Å². The van der Waals surface area contributed by atoms with Crippen molar-refractivity contribution in [2.24, 2.45) is 0 Å². The zero-order chi connectivity index (χ0) is 45.9. The van der Waals surface area contributed by atoms with Gasteiger partial charge >= 0.3 is 0 Å². The Morgan fingerprint density at radius 3 is 2.36 bits per heavy atom. The molecule has 8 rings (SSSR count). The smallest absolute Gasteiger partial charge is 0.293 e. The molecule has 15 nitrogen and oxygen atoms in total. The van der Waals surface area contributed by atoms with Crippen molar-refractivity contribution in [3.05, 3.63) is 137 Å². The number of nitro benzene ring substituents is 1. The summed E-state index contributed by atoms with van der Waals surface area (Å²) in [6.07, 6.45) is 2.06. The van der Waals surface area contributed by atoms with Crippen LogP contribution in [0.1, 0.15) is 12.0 Å². The van der Waals surface area contributed by atoms with Crippen LogP contribution >= 0.6 is 11.8 Å². The highest BCUT2D eigenvalue weighted by Crippen LogP contribution is 2.33. The van der Waals surface area contributed by atoms with Gasteiger partial charge in [-0.25, -0.2) is 18.4 Å². The number of nitrogens with one attached hydrogen (secondary N) is 2. The molecule has 2 N–H and O–H groups in total. The molecule has 2 aliphatic rings. The predicted octanol–water partition coefficient (Wildman–Crippen LogP) is 7.56. The summed E-state index contributed by atoms with van der Waals surface area (Å²) >= 11 is 1.67. The van der Waals surface area contributed by atoms with Crippen LogP contribution in [-0.2, 0) is 21.3 Å².